The topological polar surface area (TPSA) is 55.1 Å². The van der Waals surface area contributed by atoms with Crippen LogP contribution in [-0.4, -0.2) is 11.9 Å². The molecule has 0 radical (unpaired) electrons. The molecular formula is C14H23ClN2O. The van der Waals surface area contributed by atoms with Crippen LogP contribution in [0.1, 0.15) is 43.9 Å². The molecule has 2 unspecified atom stereocenters. The summed E-state index contributed by atoms with van der Waals surface area (Å²) in [6.07, 6.45) is 1.65. The molecule has 3 nitrogen and oxygen atoms in total. The minimum atomic E-state index is -0.395. The van der Waals surface area contributed by atoms with Crippen molar-refractivity contribution in [3.05, 3.63) is 35.4 Å². The first-order valence-corrected chi connectivity index (χ1v) is 6.17. The molecule has 1 aromatic rings. The Balaban J connectivity index is 0.00000289. The zero-order valence-electron chi connectivity index (χ0n) is 11.3. The molecule has 0 spiro atoms. The van der Waals surface area contributed by atoms with E-state index in [0.717, 1.165) is 18.4 Å². The normalized spacial score (nSPS) is 13.3. The molecule has 0 fully saturated rings. The Morgan fingerprint density at radius 2 is 1.89 bits per heavy atom. The number of rotatable bonds is 5. The third kappa shape index (κ3) is 5.07. The molecule has 4 heteroatoms. The molecule has 0 heterocycles. The van der Waals surface area contributed by atoms with Gasteiger partial charge >= 0.3 is 0 Å². The van der Waals surface area contributed by atoms with E-state index in [0.29, 0.717) is 0 Å². The molecule has 2 atom stereocenters. The van der Waals surface area contributed by atoms with Crippen molar-refractivity contribution in [2.75, 3.05) is 0 Å². The predicted molar refractivity (Wildman–Crippen MR) is 77.9 cm³/mol. The molecule has 0 aromatic heterocycles. The summed E-state index contributed by atoms with van der Waals surface area (Å²) in [5.41, 5.74) is 8.09. The van der Waals surface area contributed by atoms with Gasteiger partial charge in [-0.25, -0.2) is 0 Å². The summed E-state index contributed by atoms with van der Waals surface area (Å²) in [5, 5.41) is 2.94. The molecule has 0 bridgehead atoms. The summed E-state index contributed by atoms with van der Waals surface area (Å²) in [6, 6.07) is 7.77. The van der Waals surface area contributed by atoms with E-state index in [1.54, 1.807) is 0 Å². The first-order valence-electron chi connectivity index (χ1n) is 6.17. The van der Waals surface area contributed by atoms with Crippen LogP contribution < -0.4 is 11.1 Å². The van der Waals surface area contributed by atoms with Crippen molar-refractivity contribution >= 4 is 18.3 Å². The van der Waals surface area contributed by atoms with Crippen LogP contribution in [0.5, 0.6) is 0 Å². The Hall–Kier alpha value is -1.06. The number of benzene rings is 1. The lowest BCUT2D eigenvalue weighted by atomic mass is 10.1. The fourth-order valence-electron chi connectivity index (χ4n) is 1.70. The average Bonchev–Trinajstić information content (AvgIpc) is 2.30. The van der Waals surface area contributed by atoms with Gasteiger partial charge in [-0.15, -0.1) is 12.4 Å². The molecule has 3 N–H and O–H groups in total. The lowest BCUT2D eigenvalue weighted by Gasteiger charge is -2.17. The van der Waals surface area contributed by atoms with Gasteiger partial charge in [-0.1, -0.05) is 43.2 Å². The predicted octanol–water partition coefficient (Wildman–Crippen LogP) is 2.72. The van der Waals surface area contributed by atoms with Crippen molar-refractivity contribution in [3.8, 4) is 0 Å². The van der Waals surface area contributed by atoms with Crippen molar-refractivity contribution in [3.63, 3.8) is 0 Å². The smallest absolute Gasteiger partial charge is 0.237 e. The molecule has 0 aliphatic rings. The van der Waals surface area contributed by atoms with Crippen LogP contribution in [0, 0.1) is 6.92 Å². The van der Waals surface area contributed by atoms with E-state index >= 15 is 0 Å². The van der Waals surface area contributed by atoms with Crippen molar-refractivity contribution in [2.45, 2.75) is 45.7 Å². The quantitative estimate of drug-likeness (QED) is 0.864. The number of hydrogen-bond acceptors (Lipinski definition) is 2. The Bertz CT molecular complexity index is 365. The number of nitrogens with one attached hydrogen (secondary N) is 1. The second kappa shape index (κ2) is 8.11. The Morgan fingerprint density at radius 3 is 2.39 bits per heavy atom. The highest BCUT2D eigenvalue weighted by atomic mass is 35.5. The van der Waals surface area contributed by atoms with Crippen molar-refractivity contribution in [2.24, 2.45) is 5.73 Å². The number of halogens is 1. The molecule has 18 heavy (non-hydrogen) atoms. The SMILES string of the molecule is CCCC(N)C(=O)NC(C)c1ccc(C)cc1.Cl. The first-order chi connectivity index (χ1) is 8.04. The van der Waals surface area contributed by atoms with Crippen LogP contribution in [0.2, 0.25) is 0 Å². The highest BCUT2D eigenvalue weighted by Gasteiger charge is 2.15. The second-order valence-corrected chi connectivity index (χ2v) is 4.54. The summed E-state index contributed by atoms with van der Waals surface area (Å²) < 4.78 is 0. The zero-order valence-corrected chi connectivity index (χ0v) is 12.1. The van der Waals surface area contributed by atoms with E-state index in [4.69, 9.17) is 5.73 Å². The third-order valence-electron chi connectivity index (χ3n) is 2.87. The van der Waals surface area contributed by atoms with Crippen LogP contribution >= 0.6 is 12.4 Å². The summed E-state index contributed by atoms with van der Waals surface area (Å²) in [5.74, 6) is -0.0695. The minimum absolute atomic E-state index is 0. The van der Waals surface area contributed by atoms with Gasteiger partial charge in [0.05, 0.1) is 12.1 Å². The van der Waals surface area contributed by atoms with Crippen molar-refractivity contribution in [1.82, 2.24) is 5.32 Å². The van der Waals surface area contributed by atoms with Crippen LogP contribution in [0.15, 0.2) is 24.3 Å². The average molecular weight is 271 g/mol. The van der Waals surface area contributed by atoms with Crippen molar-refractivity contribution < 1.29 is 4.79 Å². The van der Waals surface area contributed by atoms with Gasteiger partial charge in [-0.05, 0) is 25.8 Å². The molecule has 102 valence electrons. The van der Waals surface area contributed by atoms with Crippen LogP contribution in [-0.2, 0) is 4.79 Å². The van der Waals surface area contributed by atoms with E-state index in [2.05, 4.69) is 5.32 Å². The fraction of sp³-hybridized carbons (Fsp3) is 0.500. The summed E-state index contributed by atoms with van der Waals surface area (Å²) in [7, 11) is 0. The van der Waals surface area contributed by atoms with Gasteiger partial charge < -0.3 is 11.1 Å². The molecule has 0 aliphatic heterocycles. The molecule has 1 aromatic carbocycles. The largest absolute Gasteiger partial charge is 0.348 e. The lowest BCUT2D eigenvalue weighted by molar-refractivity contribution is -0.123. The molecule has 0 aliphatic carbocycles. The lowest BCUT2D eigenvalue weighted by Crippen LogP contribution is -2.41. The van der Waals surface area contributed by atoms with E-state index in [9.17, 15) is 4.79 Å². The number of amides is 1. The number of carbonyl (C=O) groups excluding carboxylic acids is 1. The number of carbonyl (C=O) groups is 1. The van der Waals surface area contributed by atoms with Gasteiger partial charge in [0.1, 0.15) is 0 Å². The highest BCUT2D eigenvalue weighted by Crippen LogP contribution is 2.13. The van der Waals surface area contributed by atoms with Gasteiger partial charge in [-0.3, -0.25) is 4.79 Å². The zero-order chi connectivity index (χ0) is 12.8. The Kier molecular flexibility index (Phi) is 7.64. The van der Waals surface area contributed by atoms with Crippen LogP contribution in [0.25, 0.3) is 0 Å². The van der Waals surface area contributed by atoms with Gasteiger partial charge in [-0.2, -0.15) is 0 Å². The standard InChI is InChI=1S/C14H22N2O.ClH/c1-4-5-13(15)14(17)16-11(3)12-8-6-10(2)7-9-12;/h6-9,11,13H,4-5,15H2,1-3H3,(H,16,17);1H. The monoisotopic (exact) mass is 270 g/mol. The first kappa shape index (κ1) is 16.9. The van der Waals surface area contributed by atoms with E-state index < -0.39 is 6.04 Å². The van der Waals surface area contributed by atoms with Gasteiger partial charge in [0.2, 0.25) is 5.91 Å². The number of aryl methyl sites for hydroxylation is 1. The molecule has 1 rings (SSSR count). The van der Waals surface area contributed by atoms with E-state index in [-0.39, 0.29) is 24.4 Å². The molecule has 1 amide bonds. The summed E-state index contributed by atoms with van der Waals surface area (Å²) in [4.78, 5) is 11.7. The second-order valence-electron chi connectivity index (χ2n) is 4.54. The van der Waals surface area contributed by atoms with Gasteiger partial charge in [0.15, 0.2) is 0 Å². The Labute approximate surface area is 116 Å². The van der Waals surface area contributed by atoms with Crippen LogP contribution in [0.3, 0.4) is 0 Å². The molecular weight excluding hydrogens is 248 g/mol. The van der Waals surface area contributed by atoms with E-state index in [1.165, 1.54) is 5.56 Å². The molecule has 0 saturated heterocycles. The maximum Gasteiger partial charge on any atom is 0.237 e. The fourth-order valence-corrected chi connectivity index (χ4v) is 1.70. The minimum Gasteiger partial charge on any atom is -0.348 e. The molecule has 0 saturated carbocycles. The maximum atomic E-state index is 11.7. The number of hydrogen-bond donors (Lipinski definition) is 2. The number of nitrogens with two attached hydrogens (primary N) is 1. The van der Waals surface area contributed by atoms with Crippen LogP contribution in [0.4, 0.5) is 0 Å². The summed E-state index contributed by atoms with van der Waals surface area (Å²) in [6.45, 7) is 6.04. The van der Waals surface area contributed by atoms with Gasteiger partial charge in [0, 0.05) is 0 Å². The highest BCUT2D eigenvalue weighted by molar-refractivity contribution is 5.85. The van der Waals surface area contributed by atoms with Crippen molar-refractivity contribution in [1.29, 1.82) is 0 Å². The van der Waals surface area contributed by atoms with E-state index in [1.807, 2.05) is 45.0 Å². The maximum absolute atomic E-state index is 11.7. The van der Waals surface area contributed by atoms with Gasteiger partial charge in [0.25, 0.3) is 0 Å². The third-order valence-corrected chi connectivity index (χ3v) is 2.87. The Morgan fingerprint density at radius 1 is 1.33 bits per heavy atom. The summed E-state index contributed by atoms with van der Waals surface area (Å²) >= 11 is 0.